The van der Waals surface area contributed by atoms with Crippen molar-refractivity contribution in [3.05, 3.63) is 101 Å². The number of rotatable bonds is 9. The van der Waals surface area contributed by atoms with Crippen LogP contribution >= 0.6 is 11.6 Å². The summed E-state index contributed by atoms with van der Waals surface area (Å²) in [6.07, 6.45) is 1.82. The molecule has 3 N–H and O–H groups in total. The predicted octanol–water partition coefficient (Wildman–Crippen LogP) is 4.58. The van der Waals surface area contributed by atoms with E-state index in [2.05, 4.69) is 10.3 Å². The molecule has 2 heterocycles. The summed E-state index contributed by atoms with van der Waals surface area (Å²) in [7, 11) is 0. The zero-order valence-electron chi connectivity index (χ0n) is 24.0. The van der Waals surface area contributed by atoms with Crippen LogP contribution in [0.2, 0.25) is 5.02 Å². The number of pyridine rings is 1. The van der Waals surface area contributed by atoms with Crippen LogP contribution in [-0.4, -0.2) is 46.5 Å². The van der Waals surface area contributed by atoms with E-state index in [1.807, 2.05) is 6.07 Å². The van der Waals surface area contributed by atoms with E-state index in [-0.39, 0.29) is 46.1 Å². The molecular formula is C32H26ClF3N6O4. The van der Waals surface area contributed by atoms with E-state index in [0.29, 0.717) is 0 Å². The number of aromatic nitrogens is 1. The molecule has 1 aromatic heterocycles. The molecule has 2 aromatic carbocycles. The standard InChI is InChI=1S/C32H26ClF3N6O4/c33-24-4-2-1-3-23(24)29(30(45)40-21-15-32(35,36)16-21)41(22-13-19(12-20(34)14-22)26(43)7-9-37)31(46)25-5-6-28(44)42(25)27-11-18(17-38)8-10-39-27/h1-4,7-14,21,25,29H,5-6,15-16,37H2,(H,40,45)/b9-7-/t25-,29-/m0/s1. The highest BCUT2D eigenvalue weighted by Gasteiger charge is 2.48. The molecule has 0 spiro atoms. The summed E-state index contributed by atoms with van der Waals surface area (Å²) in [4.78, 5) is 60.8. The van der Waals surface area contributed by atoms with Crippen LogP contribution in [-0.2, 0) is 14.4 Å². The van der Waals surface area contributed by atoms with E-state index >= 15 is 4.39 Å². The molecule has 1 aliphatic heterocycles. The van der Waals surface area contributed by atoms with Crippen molar-refractivity contribution < 1.29 is 32.3 Å². The minimum absolute atomic E-state index is 0.00140. The lowest BCUT2D eigenvalue weighted by molar-refractivity contribution is -0.133. The minimum Gasteiger partial charge on any atom is -0.404 e. The smallest absolute Gasteiger partial charge is 0.252 e. The molecule has 2 atom stereocenters. The Labute approximate surface area is 266 Å². The summed E-state index contributed by atoms with van der Waals surface area (Å²) in [5.41, 5.74) is 5.13. The number of halogens is 4. The number of allylic oxidation sites excluding steroid dienone is 1. The van der Waals surface area contributed by atoms with E-state index in [1.54, 1.807) is 6.07 Å². The number of ketones is 1. The van der Waals surface area contributed by atoms with Crippen molar-refractivity contribution in [1.82, 2.24) is 10.3 Å². The number of benzene rings is 2. The van der Waals surface area contributed by atoms with Crippen molar-refractivity contribution in [3.63, 3.8) is 0 Å². The quantitative estimate of drug-likeness (QED) is 0.254. The number of hydrogen-bond acceptors (Lipinski definition) is 7. The summed E-state index contributed by atoms with van der Waals surface area (Å²) < 4.78 is 42.6. The highest BCUT2D eigenvalue weighted by atomic mass is 35.5. The molecule has 2 aliphatic rings. The first-order chi connectivity index (χ1) is 21.9. The number of hydrogen-bond donors (Lipinski definition) is 2. The summed E-state index contributed by atoms with van der Waals surface area (Å²) in [6, 6.07) is 9.81. The van der Waals surface area contributed by atoms with E-state index in [0.717, 1.165) is 34.2 Å². The van der Waals surface area contributed by atoms with Gasteiger partial charge < -0.3 is 11.1 Å². The zero-order chi connectivity index (χ0) is 33.2. The molecule has 0 bridgehead atoms. The van der Waals surface area contributed by atoms with E-state index in [9.17, 15) is 33.2 Å². The molecule has 2 fully saturated rings. The van der Waals surface area contributed by atoms with Gasteiger partial charge in [0.25, 0.3) is 11.8 Å². The van der Waals surface area contributed by atoms with Crippen molar-refractivity contribution in [2.75, 3.05) is 9.80 Å². The third-order valence-electron chi connectivity index (χ3n) is 7.69. The van der Waals surface area contributed by atoms with Gasteiger partial charge in [0, 0.05) is 59.4 Å². The monoisotopic (exact) mass is 650 g/mol. The number of nitrogens with one attached hydrogen (secondary N) is 1. The average Bonchev–Trinajstić information content (AvgIpc) is 3.40. The number of nitrogens with zero attached hydrogens (tertiary/aromatic N) is 4. The highest BCUT2D eigenvalue weighted by Crippen LogP contribution is 2.40. The fourth-order valence-corrected chi connectivity index (χ4v) is 5.80. The van der Waals surface area contributed by atoms with Crippen LogP contribution in [0.4, 0.5) is 24.7 Å². The third-order valence-corrected chi connectivity index (χ3v) is 8.04. The molecule has 236 valence electrons. The maximum Gasteiger partial charge on any atom is 0.252 e. The zero-order valence-corrected chi connectivity index (χ0v) is 24.8. The lowest BCUT2D eigenvalue weighted by Crippen LogP contribution is -2.56. The number of nitrogens with two attached hydrogens (primary N) is 1. The molecule has 10 nitrogen and oxygen atoms in total. The molecule has 14 heteroatoms. The van der Waals surface area contributed by atoms with Gasteiger partial charge in [-0.2, -0.15) is 5.26 Å². The van der Waals surface area contributed by atoms with Gasteiger partial charge in [0.15, 0.2) is 5.78 Å². The van der Waals surface area contributed by atoms with Crippen LogP contribution in [0.25, 0.3) is 0 Å². The second-order valence-electron chi connectivity index (χ2n) is 10.9. The fourth-order valence-electron chi connectivity index (χ4n) is 5.57. The van der Waals surface area contributed by atoms with Crippen LogP contribution in [0.1, 0.15) is 53.2 Å². The Balaban J connectivity index is 1.68. The van der Waals surface area contributed by atoms with E-state index < -0.39 is 66.2 Å². The molecule has 5 rings (SSSR count). The lowest BCUT2D eigenvalue weighted by atomic mass is 9.87. The van der Waals surface area contributed by atoms with Crippen LogP contribution in [0.3, 0.4) is 0 Å². The molecule has 1 saturated carbocycles. The minimum atomic E-state index is -2.97. The predicted molar refractivity (Wildman–Crippen MR) is 161 cm³/mol. The summed E-state index contributed by atoms with van der Waals surface area (Å²) in [5, 5.41) is 12.0. The molecule has 46 heavy (non-hydrogen) atoms. The molecular weight excluding hydrogens is 625 g/mol. The molecule has 0 radical (unpaired) electrons. The maximum atomic E-state index is 15.2. The van der Waals surface area contributed by atoms with Gasteiger partial charge in [0.05, 0.1) is 11.6 Å². The van der Waals surface area contributed by atoms with Gasteiger partial charge >= 0.3 is 0 Å². The van der Waals surface area contributed by atoms with Crippen molar-refractivity contribution in [3.8, 4) is 6.07 Å². The van der Waals surface area contributed by atoms with Crippen molar-refractivity contribution in [1.29, 1.82) is 5.26 Å². The Kier molecular flexibility index (Phi) is 9.11. The van der Waals surface area contributed by atoms with Gasteiger partial charge in [-0.05, 0) is 49.0 Å². The molecule has 1 aliphatic carbocycles. The van der Waals surface area contributed by atoms with Gasteiger partial charge in [0.2, 0.25) is 11.8 Å². The van der Waals surface area contributed by atoms with Gasteiger partial charge in [-0.15, -0.1) is 0 Å². The number of nitriles is 1. The van der Waals surface area contributed by atoms with E-state index in [4.69, 9.17) is 17.3 Å². The second kappa shape index (κ2) is 13.0. The first-order valence-corrected chi connectivity index (χ1v) is 14.5. The number of anilines is 2. The van der Waals surface area contributed by atoms with Crippen LogP contribution in [0, 0.1) is 17.1 Å². The van der Waals surface area contributed by atoms with Crippen molar-refractivity contribution >= 4 is 46.6 Å². The first-order valence-electron chi connectivity index (χ1n) is 14.1. The van der Waals surface area contributed by atoms with Crippen LogP contribution in [0.5, 0.6) is 0 Å². The molecule has 0 unspecified atom stereocenters. The van der Waals surface area contributed by atoms with Gasteiger partial charge in [-0.25, -0.2) is 18.2 Å². The number of carbonyl (C=O) groups excluding carboxylic acids is 4. The summed E-state index contributed by atoms with van der Waals surface area (Å²) in [6.45, 7) is 0. The number of alkyl halides is 2. The Morgan fingerprint density at radius 3 is 2.59 bits per heavy atom. The normalized spacial score (nSPS) is 18.1. The fraction of sp³-hybridized carbons (Fsp3) is 0.250. The highest BCUT2D eigenvalue weighted by molar-refractivity contribution is 6.31. The van der Waals surface area contributed by atoms with Crippen LogP contribution < -0.4 is 20.9 Å². The number of amides is 3. The van der Waals surface area contributed by atoms with Gasteiger partial charge in [-0.3, -0.25) is 29.0 Å². The SMILES string of the molecule is N#Cc1ccnc(N2C(=O)CC[C@H]2C(=O)N(c2cc(F)cc(C(=O)/C=C\N)c2)[C@H](C(=O)NC2CC(F)(F)C2)c2ccccc2Cl)c1. The first kappa shape index (κ1) is 32.2. The Morgan fingerprint density at radius 2 is 1.91 bits per heavy atom. The Morgan fingerprint density at radius 1 is 1.17 bits per heavy atom. The summed E-state index contributed by atoms with van der Waals surface area (Å²) in [5.74, 6) is -6.91. The third kappa shape index (κ3) is 6.57. The second-order valence-corrected chi connectivity index (χ2v) is 11.3. The largest absolute Gasteiger partial charge is 0.404 e. The molecule has 3 amide bonds. The molecule has 3 aromatic rings. The lowest BCUT2D eigenvalue weighted by Gasteiger charge is -2.39. The van der Waals surface area contributed by atoms with Gasteiger partial charge in [0.1, 0.15) is 23.7 Å². The molecule has 1 saturated heterocycles. The van der Waals surface area contributed by atoms with Crippen molar-refractivity contribution in [2.24, 2.45) is 5.73 Å². The number of carbonyl (C=O) groups is 4. The van der Waals surface area contributed by atoms with E-state index in [1.165, 1.54) is 42.6 Å². The average molecular weight is 651 g/mol. The van der Waals surface area contributed by atoms with Crippen LogP contribution in [0.15, 0.2) is 73.1 Å². The Bertz CT molecular complexity index is 1790. The topological polar surface area (TPSA) is 149 Å². The van der Waals surface area contributed by atoms with Crippen molar-refractivity contribution in [2.45, 2.75) is 49.7 Å². The maximum absolute atomic E-state index is 15.2. The summed E-state index contributed by atoms with van der Waals surface area (Å²) >= 11 is 6.53. The Hall–Kier alpha value is -5.22. The van der Waals surface area contributed by atoms with Gasteiger partial charge in [-0.1, -0.05) is 29.8 Å².